The zero-order chi connectivity index (χ0) is 18.7. The minimum absolute atomic E-state index is 0.0603. The Hall–Kier alpha value is -2.47. The summed E-state index contributed by atoms with van der Waals surface area (Å²) in [6.07, 6.45) is 0. The zero-order valence-electron chi connectivity index (χ0n) is 15.0. The third-order valence-electron chi connectivity index (χ3n) is 3.93. The number of ether oxygens (including phenoxy) is 2. The Labute approximate surface area is 157 Å². The van der Waals surface area contributed by atoms with Gasteiger partial charge in [0.1, 0.15) is 19.0 Å². The molecule has 2 aromatic rings. The summed E-state index contributed by atoms with van der Waals surface area (Å²) in [5.74, 6) is 0.269. The van der Waals surface area contributed by atoms with Gasteiger partial charge in [0.05, 0.1) is 16.5 Å². The maximum Gasteiger partial charge on any atom is 0.338 e. The van der Waals surface area contributed by atoms with Crippen LogP contribution in [0.4, 0.5) is 5.69 Å². The van der Waals surface area contributed by atoms with Crippen molar-refractivity contribution in [1.29, 1.82) is 0 Å². The SMILES string of the molecule is Cc1cc(C)cc(OCCOC(=O)c2ccc3c(c2)NC(=O)C(C)S3)c1. The second-order valence-electron chi connectivity index (χ2n) is 6.27. The van der Waals surface area contributed by atoms with Gasteiger partial charge in [0, 0.05) is 4.90 Å². The first-order chi connectivity index (χ1) is 12.4. The number of rotatable bonds is 5. The lowest BCUT2D eigenvalue weighted by Gasteiger charge is -2.21. The van der Waals surface area contributed by atoms with Crippen LogP contribution >= 0.6 is 11.8 Å². The lowest BCUT2D eigenvalue weighted by Crippen LogP contribution is -2.26. The van der Waals surface area contributed by atoms with E-state index in [-0.39, 0.29) is 24.4 Å². The number of nitrogens with one attached hydrogen (secondary N) is 1. The lowest BCUT2D eigenvalue weighted by atomic mass is 10.1. The summed E-state index contributed by atoms with van der Waals surface area (Å²) in [6, 6.07) is 11.2. The molecule has 1 aliphatic rings. The summed E-state index contributed by atoms with van der Waals surface area (Å²) in [5, 5.41) is 2.68. The maximum atomic E-state index is 12.2. The van der Waals surface area contributed by atoms with Crippen molar-refractivity contribution < 1.29 is 19.1 Å². The van der Waals surface area contributed by atoms with Crippen molar-refractivity contribution in [3.8, 4) is 5.75 Å². The number of thioether (sulfide) groups is 1. The fourth-order valence-corrected chi connectivity index (χ4v) is 3.66. The maximum absolute atomic E-state index is 12.2. The van der Waals surface area contributed by atoms with Gasteiger partial charge in [-0.3, -0.25) is 4.79 Å². The number of anilines is 1. The Kier molecular flexibility index (Phi) is 5.52. The van der Waals surface area contributed by atoms with E-state index in [1.165, 1.54) is 11.8 Å². The first kappa shape index (κ1) is 18.3. The molecule has 0 aromatic heterocycles. The van der Waals surface area contributed by atoms with E-state index in [9.17, 15) is 9.59 Å². The van der Waals surface area contributed by atoms with E-state index >= 15 is 0 Å². The van der Waals surface area contributed by atoms with E-state index < -0.39 is 5.97 Å². The molecule has 1 atom stereocenters. The normalized spacial score (nSPS) is 15.8. The fourth-order valence-electron chi connectivity index (χ4n) is 2.73. The van der Waals surface area contributed by atoms with Crippen LogP contribution in [0.25, 0.3) is 0 Å². The van der Waals surface area contributed by atoms with Crippen LogP contribution in [0.15, 0.2) is 41.3 Å². The number of carbonyl (C=O) groups excluding carboxylic acids is 2. The second kappa shape index (κ2) is 7.83. The van der Waals surface area contributed by atoms with Crippen LogP contribution in [0.5, 0.6) is 5.75 Å². The molecule has 0 saturated heterocycles. The van der Waals surface area contributed by atoms with E-state index in [0.29, 0.717) is 11.3 Å². The highest BCUT2D eigenvalue weighted by Crippen LogP contribution is 2.36. The minimum atomic E-state index is -0.435. The van der Waals surface area contributed by atoms with Crippen molar-refractivity contribution in [2.24, 2.45) is 0 Å². The van der Waals surface area contributed by atoms with Crippen molar-refractivity contribution in [3.63, 3.8) is 0 Å². The number of hydrogen-bond donors (Lipinski definition) is 1. The summed E-state index contributed by atoms with van der Waals surface area (Å²) < 4.78 is 10.9. The van der Waals surface area contributed by atoms with E-state index in [4.69, 9.17) is 9.47 Å². The molecule has 6 heteroatoms. The fraction of sp³-hybridized carbons (Fsp3) is 0.300. The summed E-state index contributed by atoms with van der Waals surface area (Å²) in [5.41, 5.74) is 3.31. The van der Waals surface area contributed by atoms with Gasteiger partial charge in [-0.05, 0) is 62.2 Å². The molecule has 0 saturated carbocycles. The molecule has 1 aliphatic heterocycles. The topological polar surface area (TPSA) is 64.6 Å². The van der Waals surface area contributed by atoms with Crippen LogP contribution in [0, 0.1) is 13.8 Å². The largest absolute Gasteiger partial charge is 0.490 e. The Morgan fingerprint density at radius 1 is 1.12 bits per heavy atom. The van der Waals surface area contributed by atoms with Gasteiger partial charge in [-0.25, -0.2) is 4.79 Å². The van der Waals surface area contributed by atoms with Crippen molar-refractivity contribution in [2.75, 3.05) is 18.5 Å². The summed E-state index contributed by atoms with van der Waals surface area (Å²) in [4.78, 5) is 24.9. The Morgan fingerprint density at radius 3 is 2.58 bits per heavy atom. The molecule has 0 radical (unpaired) electrons. The number of fused-ring (bicyclic) bond motifs is 1. The van der Waals surface area contributed by atoms with E-state index in [1.54, 1.807) is 12.1 Å². The summed E-state index contributed by atoms with van der Waals surface area (Å²) in [7, 11) is 0. The molecule has 0 bridgehead atoms. The monoisotopic (exact) mass is 371 g/mol. The lowest BCUT2D eigenvalue weighted by molar-refractivity contribution is -0.115. The molecule has 0 aliphatic carbocycles. The number of carbonyl (C=O) groups is 2. The molecule has 1 unspecified atom stereocenters. The van der Waals surface area contributed by atoms with Crippen LogP contribution in [-0.2, 0) is 9.53 Å². The third-order valence-corrected chi connectivity index (χ3v) is 5.10. The van der Waals surface area contributed by atoms with Crippen LogP contribution in [0.2, 0.25) is 0 Å². The van der Waals surface area contributed by atoms with Gasteiger partial charge in [-0.15, -0.1) is 11.8 Å². The molecule has 26 heavy (non-hydrogen) atoms. The molecule has 0 spiro atoms. The average molecular weight is 371 g/mol. The molecule has 5 nitrogen and oxygen atoms in total. The van der Waals surface area contributed by atoms with Crippen LogP contribution in [-0.4, -0.2) is 30.3 Å². The zero-order valence-corrected chi connectivity index (χ0v) is 15.8. The Bertz CT molecular complexity index is 829. The highest BCUT2D eigenvalue weighted by atomic mass is 32.2. The summed E-state index contributed by atoms with van der Waals surface area (Å²) >= 11 is 1.48. The third kappa shape index (κ3) is 4.38. The molecular weight excluding hydrogens is 350 g/mol. The second-order valence-corrected chi connectivity index (χ2v) is 7.65. The summed E-state index contributed by atoms with van der Waals surface area (Å²) in [6.45, 7) is 6.30. The molecule has 3 rings (SSSR count). The number of benzene rings is 2. The Balaban J connectivity index is 1.54. The standard InChI is InChI=1S/C20H21NO4S/c1-12-8-13(2)10-16(9-12)24-6-7-25-20(23)15-4-5-18-17(11-15)21-19(22)14(3)26-18/h4-5,8-11,14H,6-7H2,1-3H3,(H,21,22). The molecule has 1 heterocycles. The predicted octanol–water partition coefficient (Wildman–Crippen LogP) is 3.97. The van der Waals surface area contributed by atoms with Gasteiger partial charge in [-0.1, -0.05) is 6.07 Å². The molecule has 136 valence electrons. The van der Waals surface area contributed by atoms with Crippen molar-refractivity contribution >= 4 is 29.3 Å². The van der Waals surface area contributed by atoms with Gasteiger partial charge in [0.15, 0.2) is 0 Å². The molecule has 2 aromatic carbocycles. The Morgan fingerprint density at radius 2 is 1.85 bits per heavy atom. The number of aryl methyl sites for hydroxylation is 2. The van der Waals surface area contributed by atoms with E-state index in [2.05, 4.69) is 11.4 Å². The van der Waals surface area contributed by atoms with Gasteiger partial charge in [0.2, 0.25) is 5.91 Å². The highest BCUT2D eigenvalue weighted by Gasteiger charge is 2.24. The molecule has 1 amide bonds. The van der Waals surface area contributed by atoms with Gasteiger partial charge < -0.3 is 14.8 Å². The number of amides is 1. The quantitative estimate of drug-likeness (QED) is 0.636. The van der Waals surface area contributed by atoms with Crippen molar-refractivity contribution in [2.45, 2.75) is 30.9 Å². The molecule has 0 fully saturated rings. The van der Waals surface area contributed by atoms with E-state index in [1.807, 2.05) is 39.0 Å². The minimum Gasteiger partial charge on any atom is -0.490 e. The number of esters is 1. The van der Waals surface area contributed by atoms with Gasteiger partial charge in [0.25, 0.3) is 0 Å². The number of hydrogen-bond acceptors (Lipinski definition) is 5. The predicted molar refractivity (Wildman–Crippen MR) is 102 cm³/mol. The van der Waals surface area contributed by atoms with Crippen molar-refractivity contribution in [1.82, 2.24) is 0 Å². The first-order valence-corrected chi connectivity index (χ1v) is 9.30. The first-order valence-electron chi connectivity index (χ1n) is 8.42. The molecular formula is C20H21NO4S. The molecule has 1 N–H and O–H groups in total. The van der Waals surface area contributed by atoms with Gasteiger partial charge >= 0.3 is 5.97 Å². The van der Waals surface area contributed by atoms with Gasteiger partial charge in [-0.2, -0.15) is 0 Å². The van der Waals surface area contributed by atoms with Crippen LogP contribution in [0.3, 0.4) is 0 Å². The smallest absolute Gasteiger partial charge is 0.338 e. The van der Waals surface area contributed by atoms with Crippen LogP contribution in [0.1, 0.15) is 28.4 Å². The van der Waals surface area contributed by atoms with Crippen molar-refractivity contribution in [3.05, 3.63) is 53.1 Å². The highest BCUT2D eigenvalue weighted by molar-refractivity contribution is 8.00. The van der Waals surface area contributed by atoms with Crippen LogP contribution < -0.4 is 10.1 Å². The van der Waals surface area contributed by atoms with E-state index in [0.717, 1.165) is 21.8 Å². The average Bonchev–Trinajstić information content (AvgIpc) is 2.58.